The largest absolute Gasteiger partial charge is 0.472 e. The van der Waals surface area contributed by atoms with E-state index in [4.69, 9.17) is 39.0 Å². The summed E-state index contributed by atoms with van der Waals surface area (Å²) in [6, 6.07) is 0. The summed E-state index contributed by atoms with van der Waals surface area (Å²) in [5, 5.41) is 25.2. The van der Waals surface area contributed by atoms with E-state index in [0.717, 1.165) is 10.9 Å². The number of aromatic amines is 1. The van der Waals surface area contributed by atoms with Gasteiger partial charge in [0.15, 0.2) is 23.6 Å². The second kappa shape index (κ2) is 10.9. The van der Waals surface area contributed by atoms with Gasteiger partial charge in [-0.3, -0.25) is 37.0 Å². The van der Waals surface area contributed by atoms with Gasteiger partial charge in [0, 0.05) is 0 Å². The van der Waals surface area contributed by atoms with Crippen molar-refractivity contribution >= 4 is 44.4 Å². The topological polar surface area (TPSA) is 328 Å². The standard InChI is InChI=1S/C20H26N10O13P2/c21-14-8-15(24-3-23-14)29(4-25-8)18-10(31)12-6(40-18)1-38-45(36,37)43-13-7(2-39-44(34,35)42-12)41-19(11(13)32)30-5-26-9-16(30)27-20(22)28-17(9)33/h4-7,10-13,18-19,24,31-32H,1-3H2,(H2,21,23)(H,34,35)(H,36,37)(H3,22,27,28,33)/t6-,7-,10+,11+,12?,13?,18-,19-/m1/s1. The fraction of sp³-hybridized carbons (Fsp3) is 0.550. The smallest absolute Gasteiger partial charge is 0.386 e. The minimum absolute atomic E-state index is 0.0988. The fourth-order valence-electron chi connectivity index (χ4n) is 5.45. The molecule has 10 atom stereocenters. The van der Waals surface area contributed by atoms with Gasteiger partial charge in [-0.25, -0.2) is 24.1 Å². The van der Waals surface area contributed by atoms with Gasteiger partial charge in [0.1, 0.15) is 60.6 Å². The van der Waals surface area contributed by atoms with Crippen LogP contribution in [0.15, 0.2) is 22.4 Å². The van der Waals surface area contributed by atoms with Gasteiger partial charge in [0.2, 0.25) is 5.95 Å². The number of imidazole rings is 2. The van der Waals surface area contributed by atoms with Crippen molar-refractivity contribution in [3.8, 4) is 0 Å². The van der Waals surface area contributed by atoms with Gasteiger partial charge >= 0.3 is 15.6 Å². The Labute approximate surface area is 249 Å². The molecule has 0 spiro atoms. The Morgan fingerprint density at radius 3 is 2.11 bits per heavy atom. The summed E-state index contributed by atoms with van der Waals surface area (Å²) in [7, 11) is -10.1. The number of nitrogens with two attached hydrogens (primary N) is 2. The number of rotatable bonds is 2. The van der Waals surface area contributed by atoms with Gasteiger partial charge in [-0.2, -0.15) is 4.98 Å². The summed E-state index contributed by atoms with van der Waals surface area (Å²) in [6.07, 6.45) is -10.0. The first-order valence-electron chi connectivity index (χ1n) is 13.1. The molecule has 0 amide bonds. The predicted molar refractivity (Wildman–Crippen MR) is 145 cm³/mol. The quantitative estimate of drug-likeness (QED) is 0.127. The number of nitrogens with zero attached hydrogens (tertiary/aromatic N) is 6. The van der Waals surface area contributed by atoms with Crippen molar-refractivity contribution < 1.29 is 56.7 Å². The van der Waals surface area contributed by atoms with Crippen molar-refractivity contribution in [3.63, 3.8) is 0 Å². The van der Waals surface area contributed by atoms with Crippen LogP contribution < -0.4 is 22.3 Å². The second-order valence-electron chi connectivity index (χ2n) is 10.3. The average molecular weight is 676 g/mol. The van der Waals surface area contributed by atoms with Gasteiger partial charge < -0.3 is 46.3 Å². The van der Waals surface area contributed by atoms with E-state index in [2.05, 4.69) is 30.2 Å². The molecule has 4 unspecified atom stereocenters. The van der Waals surface area contributed by atoms with Crippen LogP contribution in [0.5, 0.6) is 0 Å². The first kappa shape index (κ1) is 30.3. The van der Waals surface area contributed by atoms with E-state index in [0.29, 0.717) is 5.82 Å². The molecule has 0 bridgehead atoms. The summed E-state index contributed by atoms with van der Waals surface area (Å²) in [5.74, 6) is 0.185. The number of phosphoric ester groups is 2. The molecule has 4 aliphatic rings. The Morgan fingerprint density at radius 2 is 1.49 bits per heavy atom. The van der Waals surface area contributed by atoms with Crippen molar-refractivity contribution in [1.29, 1.82) is 0 Å². The minimum atomic E-state index is -5.04. The molecule has 25 heteroatoms. The molecule has 0 radical (unpaired) electrons. The van der Waals surface area contributed by atoms with Gasteiger partial charge in [-0.1, -0.05) is 0 Å². The number of fused-ring (bicyclic) bond motifs is 4. The average Bonchev–Trinajstić information content (AvgIpc) is 3.72. The summed E-state index contributed by atoms with van der Waals surface area (Å²) in [6.45, 7) is -1.53. The highest BCUT2D eigenvalue weighted by Crippen LogP contribution is 2.53. The molecule has 0 aliphatic carbocycles. The molecule has 244 valence electrons. The number of hydrogen-bond donors (Lipinski definition) is 8. The van der Waals surface area contributed by atoms with Gasteiger partial charge in [0.05, 0.1) is 25.9 Å². The SMILES string of the molecule is NC1=NCNc2c1ncn2[C@@H]1O[C@@H]2COP(=O)(O)OC3[C@@H](COP(=O)(O)OC2[C@@H]1O)O[C@@H](n1cnc2c(=O)[nH]c(N)nc21)[C@H]3O. The van der Waals surface area contributed by atoms with Crippen molar-refractivity contribution in [2.24, 2.45) is 10.7 Å². The lowest BCUT2D eigenvalue weighted by Gasteiger charge is -2.27. The molecule has 10 N–H and O–H groups in total. The highest BCUT2D eigenvalue weighted by atomic mass is 31.2. The third kappa shape index (κ3) is 5.35. The molecular formula is C20H26N10O13P2. The van der Waals surface area contributed by atoms with E-state index in [1.165, 1.54) is 10.9 Å². The van der Waals surface area contributed by atoms with Crippen LogP contribution in [0, 0.1) is 0 Å². The highest BCUT2D eigenvalue weighted by molar-refractivity contribution is 7.47. The van der Waals surface area contributed by atoms with Crippen LogP contribution in [0.3, 0.4) is 0 Å². The van der Waals surface area contributed by atoms with Crippen molar-refractivity contribution in [2.45, 2.75) is 49.1 Å². The number of hydrogen-bond acceptors (Lipinski definition) is 18. The lowest BCUT2D eigenvalue weighted by atomic mass is 10.1. The monoisotopic (exact) mass is 676 g/mol. The zero-order valence-electron chi connectivity index (χ0n) is 22.6. The summed E-state index contributed by atoms with van der Waals surface area (Å²) < 4.78 is 61.1. The van der Waals surface area contributed by atoms with E-state index in [9.17, 15) is 33.9 Å². The number of aliphatic hydroxyl groups is 2. The molecule has 45 heavy (non-hydrogen) atoms. The lowest BCUT2D eigenvalue weighted by molar-refractivity contribution is -0.0666. The number of amidine groups is 1. The zero-order chi connectivity index (χ0) is 31.8. The first-order valence-corrected chi connectivity index (χ1v) is 16.1. The Morgan fingerprint density at radius 1 is 0.911 bits per heavy atom. The van der Waals surface area contributed by atoms with Crippen LogP contribution in [0.2, 0.25) is 0 Å². The van der Waals surface area contributed by atoms with Crippen LogP contribution in [-0.2, 0) is 36.7 Å². The number of nitrogens with one attached hydrogen (secondary N) is 2. The molecule has 3 aromatic rings. The Hall–Kier alpha value is -3.31. The third-order valence-corrected chi connectivity index (χ3v) is 9.43. The second-order valence-corrected chi connectivity index (χ2v) is 13.1. The summed E-state index contributed by atoms with van der Waals surface area (Å²) in [5.41, 5.74) is 10.8. The zero-order valence-corrected chi connectivity index (χ0v) is 24.4. The molecule has 4 aliphatic heterocycles. The highest BCUT2D eigenvalue weighted by Gasteiger charge is 2.54. The number of phosphoric acid groups is 2. The van der Waals surface area contributed by atoms with E-state index in [-0.39, 0.29) is 35.3 Å². The van der Waals surface area contributed by atoms with E-state index in [1.807, 2.05) is 0 Å². The number of aliphatic hydroxyl groups excluding tert-OH is 2. The minimum Gasteiger partial charge on any atom is -0.386 e. The van der Waals surface area contributed by atoms with Gasteiger partial charge in [0.25, 0.3) is 5.56 Å². The Bertz CT molecular complexity index is 1830. The third-order valence-electron chi connectivity index (χ3n) is 7.46. The Kier molecular flexibility index (Phi) is 7.35. The summed E-state index contributed by atoms with van der Waals surface area (Å²) >= 11 is 0. The molecule has 3 aromatic heterocycles. The normalized spacial score (nSPS) is 38.8. The molecule has 7 rings (SSSR count). The molecule has 3 fully saturated rings. The molecule has 0 saturated carbocycles. The van der Waals surface area contributed by atoms with Crippen LogP contribution in [0.1, 0.15) is 18.1 Å². The van der Waals surface area contributed by atoms with Gasteiger partial charge in [-0.15, -0.1) is 0 Å². The number of anilines is 2. The number of nitrogen functional groups attached to an aromatic ring is 1. The summed E-state index contributed by atoms with van der Waals surface area (Å²) in [4.78, 5) is 51.8. The number of ether oxygens (including phenoxy) is 2. The van der Waals surface area contributed by atoms with Crippen molar-refractivity contribution in [2.75, 3.05) is 30.9 Å². The number of H-pyrrole nitrogens is 1. The van der Waals surface area contributed by atoms with Crippen LogP contribution in [0.4, 0.5) is 11.8 Å². The van der Waals surface area contributed by atoms with Crippen LogP contribution in [0.25, 0.3) is 11.2 Å². The van der Waals surface area contributed by atoms with E-state index >= 15 is 0 Å². The molecule has 7 heterocycles. The first-order chi connectivity index (χ1) is 21.3. The van der Waals surface area contributed by atoms with E-state index < -0.39 is 83.5 Å². The fourth-order valence-corrected chi connectivity index (χ4v) is 7.38. The lowest BCUT2D eigenvalue weighted by Crippen LogP contribution is -2.39. The Balaban J connectivity index is 1.16. The molecule has 23 nitrogen and oxygen atoms in total. The molecule has 3 saturated heterocycles. The maximum atomic E-state index is 13.1. The van der Waals surface area contributed by atoms with Crippen molar-refractivity contribution in [3.05, 3.63) is 28.7 Å². The maximum Gasteiger partial charge on any atom is 0.472 e. The van der Waals surface area contributed by atoms with Crippen LogP contribution in [-0.4, -0.2) is 111 Å². The van der Waals surface area contributed by atoms with Gasteiger partial charge in [-0.05, 0) is 0 Å². The molecule has 0 aromatic carbocycles. The molecular weight excluding hydrogens is 650 g/mol. The number of aromatic nitrogens is 6. The van der Waals surface area contributed by atoms with Crippen molar-refractivity contribution in [1.82, 2.24) is 29.1 Å². The predicted octanol–water partition coefficient (Wildman–Crippen LogP) is -2.78. The van der Waals surface area contributed by atoms with E-state index in [1.54, 1.807) is 0 Å². The number of aliphatic imine (C=N–C) groups is 1. The van der Waals surface area contributed by atoms with Crippen LogP contribution >= 0.6 is 15.6 Å². The maximum absolute atomic E-state index is 13.1.